The fraction of sp³-hybridized carbons (Fsp3) is 0.375. The maximum absolute atomic E-state index is 3.86. The number of benzene rings is 1. The summed E-state index contributed by atoms with van der Waals surface area (Å²) >= 11 is 0. The summed E-state index contributed by atoms with van der Waals surface area (Å²) in [6.45, 7) is 7.30. The summed E-state index contributed by atoms with van der Waals surface area (Å²) in [7, 11) is 0. The molecular formula is C16H19N. The van der Waals surface area contributed by atoms with Gasteiger partial charge in [-0.1, -0.05) is 31.7 Å². The lowest BCUT2D eigenvalue weighted by molar-refractivity contribution is 0.623. The van der Waals surface area contributed by atoms with E-state index in [2.05, 4.69) is 42.3 Å². The van der Waals surface area contributed by atoms with Crippen molar-refractivity contribution in [3.8, 4) is 0 Å². The van der Waals surface area contributed by atoms with Gasteiger partial charge >= 0.3 is 0 Å². The number of aryl methyl sites for hydroxylation is 1. The summed E-state index contributed by atoms with van der Waals surface area (Å²) in [4.78, 5) is 0. The number of fused-ring (bicyclic) bond motifs is 1. The molecule has 0 radical (unpaired) electrons. The van der Waals surface area contributed by atoms with E-state index in [1.807, 2.05) is 6.08 Å². The highest BCUT2D eigenvalue weighted by atomic mass is 15.0. The molecule has 1 fully saturated rings. The van der Waals surface area contributed by atoms with E-state index in [0.717, 1.165) is 12.3 Å². The molecule has 1 heteroatoms. The molecule has 0 atom stereocenters. The molecule has 2 aromatic rings. The SMILES string of the molecule is C=Cc1ccc2cc(CC)n(CC3CC3)c2c1. The van der Waals surface area contributed by atoms with Gasteiger partial charge in [-0.25, -0.2) is 0 Å². The van der Waals surface area contributed by atoms with E-state index in [4.69, 9.17) is 0 Å². The quantitative estimate of drug-likeness (QED) is 0.732. The highest BCUT2D eigenvalue weighted by molar-refractivity contribution is 5.83. The predicted octanol–water partition coefficient (Wildman–Crippen LogP) is 4.26. The minimum atomic E-state index is 0.920. The fourth-order valence-corrected chi connectivity index (χ4v) is 2.52. The first kappa shape index (κ1) is 10.6. The number of aromatic nitrogens is 1. The fourth-order valence-electron chi connectivity index (χ4n) is 2.52. The Labute approximate surface area is 103 Å². The molecule has 0 spiro atoms. The normalized spacial score (nSPS) is 15.4. The summed E-state index contributed by atoms with van der Waals surface area (Å²) in [5.41, 5.74) is 4.06. The molecule has 3 rings (SSSR count). The molecule has 1 aliphatic carbocycles. The van der Waals surface area contributed by atoms with Gasteiger partial charge in [-0.2, -0.15) is 0 Å². The zero-order valence-electron chi connectivity index (χ0n) is 10.4. The van der Waals surface area contributed by atoms with Crippen LogP contribution in [0.2, 0.25) is 0 Å². The van der Waals surface area contributed by atoms with Crippen molar-refractivity contribution < 1.29 is 0 Å². The molecule has 1 aliphatic rings. The number of nitrogens with zero attached hydrogens (tertiary/aromatic N) is 1. The van der Waals surface area contributed by atoms with Gasteiger partial charge in [-0.3, -0.25) is 0 Å². The second-order valence-electron chi connectivity index (χ2n) is 5.07. The van der Waals surface area contributed by atoms with Crippen molar-refractivity contribution in [2.75, 3.05) is 0 Å². The molecule has 0 N–H and O–H groups in total. The van der Waals surface area contributed by atoms with Crippen molar-refractivity contribution in [1.29, 1.82) is 0 Å². The van der Waals surface area contributed by atoms with Gasteiger partial charge in [-0.15, -0.1) is 0 Å². The van der Waals surface area contributed by atoms with Gasteiger partial charge in [0.2, 0.25) is 0 Å². The van der Waals surface area contributed by atoms with Crippen molar-refractivity contribution in [1.82, 2.24) is 4.57 Å². The van der Waals surface area contributed by atoms with E-state index in [-0.39, 0.29) is 0 Å². The molecule has 0 bridgehead atoms. The van der Waals surface area contributed by atoms with Crippen LogP contribution in [0.4, 0.5) is 0 Å². The third-order valence-corrected chi connectivity index (χ3v) is 3.75. The summed E-state index contributed by atoms with van der Waals surface area (Å²) in [6, 6.07) is 8.97. The van der Waals surface area contributed by atoms with Crippen molar-refractivity contribution in [2.45, 2.75) is 32.7 Å². The van der Waals surface area contributed by atoms with Crippen LogP contribution in [-0.2, 0) is 13.0 Å². The number of hydrogen-bond acceptors (Lipinski definition) is 0. The second-order valence-corrected chi connectivity index (χ2v) is 5.07. The first-order valence-electron chi connectivity index (χ1n) is 6.56. The van der Waals surface area contributed by atoms with Gasteiger partial charge in [0.05, 0.1) is 0 Å². The zero-order valence-corrected chi connectivity index (χ0v) is 10.4. The zero-order chi connectivity index (χ0) is 11.8. The van der Waals surface area contributed by atoms with Crippen molar-refractivity contribution in [3.63, 3.8) is 0 Å². The Morgan fingerprint density at radius 1 is 1.35 bits per heavy atom. The minimum Gasteiger partial charge on any atom is -0.344 e. The predicted molar refractivity (Wildman–Crippen MR) is 74.1 cm³/mol. The Bertz CT molecular complexity index is 558. The number of rotatable bonds is 4. The van der Waals surface area contributed by atoms with Crippen LogP contribution in [0, 0.1) is 5.92 Å². The molecular weight excluding hydrogens is 206 g/mol. The molecule has 1 aromatic heterocycles. The van der Waals surface area contributed by atoms with E-state index in [0.29, 0.717) is 0 Å². The maximum atomic E-state index is 3.86. The van der Waals surface area contributed by atoms with Crippen LogP contribution in [0.25, 0.3) is 17.0 Å². The average Bonchev–Trinajstić information content (AvgIpc) is 3.11. The lowest BCUT2D eigenvalue weighted by atomic mass is 10.1. The third kappa shape index (κ3) is 1.90. The maximum Gasteiger partial charge on any atom is 0.0488 e. The van der Waals surface area contributed by atoms with Crippen LogP contribution in [0.1, 0.15) is 31.0 Å². The molecule has 1 aromatic carbocycles. The summed E-state index contributed by atoms with van der Waals surface area (Å²) in [6.07, 6.45) is 5.86. The van der Waals surface area contributed by atoms with Crippen LogP contribution >= 0.6 is 0 Å². The van der Waals surface area contributed by atoms with Crippen molar-refractivity contribution in [2.24, 2.45) is 5.92 Å². The van der Waals surface area contributed by atoms with Crippen molar-refractivity contribution >= 4 is 17.0 Å². The van der Waals surface area contributed by atoms with E-state index in [1.54, 1.807) is 0 Å². The van der Waals surface area contributed by atoms with Crippen LogP contribution in [0.3, 0.4) is 0 Å². The van der Waals surface area contributed by atoms with Gasteiger partial charge in [0.1, 0.15) is 0 Å². The Kier molecular flexibility index (Phi) is 2.54. The van der Waals surface area contributed by atoms with Crippen LogP contribution < -0.4 is 0 Å². The molecule has 0 saturated heterocycles. The Morgan fingerprint density at radius 2 is 2.18 bits per heavy atom. The Hall–Kier alpha value is -1.50. The minimum absolute atomic E-state index is 0.920. The lowest BCUT2D eigenvalue weighted by Crippen LogP contribution is -2.03. The summed E-state index contributed by atoms with van der Waals surface area (Å²) < 4.78 is 2.51. The molecule has 0 amide bonds. The molecule has 88 valence electrons. The lowest BCUT2D eigenvalue weighted by Gasteiger charge is -2.09. The first-order valence-corrected chi connectivity index (χ1v) is 6.56. The molecule has 0 unspecified atom stereocenters. The Balaban J connectivity index is 2.15. The van der Waals surface area contributed by atoms with Gasteiger partial charge in [0, 0.05) is 17.8 Å². The third-order valence-electron chi connectivity index (χ3n) is 3.75. The molecule has 17 heavy (non-hydrogen) atoms. The van der Waals surface area contributed by atoms with Crippen molar-refractivity contribution in [3.05, 3.63) is 42.1 Å². The van der Waals surface area contributed by atoms with Crippen LogP contribution in [0.15, 0.2) is 30.8 Å². The topological polar surface area (TPSA) is 4.93 Å². The smallest absolute Gasteiger partial charge is 0.0488 e. The van der Waals surface area contributed by atoms with Gasteiger partial charge in [-0.05, 0) is 48.3 Å². The average molecular weight is 225 g/mol. The van der Waals surface area contributed by atoms with Crippen LogP contribution in [-0.4, -0.2) is 4.57 Å². The summed E-state index contributed by atoms with van der Waals surface area (Å²) in [5, 5.41) is 1.37. The van der Waals surface area contributed by atoms with E-state index >= 15 is 0 Å². The molecule has 1 heterocycles. The monoisotopic (exact) mass is 225 g/mol. The van der Waals surface area contributed by atoms with Gasteiger partial charge < -0.3 is 4.57 Å². The molecule has 1 nitrogen and oxygen atoms in total. The Morgan fingerprint density at radius 3 is 2.82 bits per heavy atom. The molecule has 0 aliphatic heterocycles. The highest BCUT2D eigenvalue weighted by Crippen LogP contribution is 2.33. The largest absolute Gasteiger partial charge is 0.344 e. The van der Waals surface area contributed by atoms with Gasteiger partial charge in [0.15, 0.2) is 0 Å². The standard InChI is InChI=1S/C16H19N/c1-3-12-7-8-14-10-15(4-2)17(16(14)9-12)11-13-5-6-13/h3,7-10,13H,1,4-6,11H2,2H3. The van der Waals surface area contributed by atoms with E-state index in [1.165, 1.54) is 41.5 Å². The first-order chi connectivity index (χ1) is 8.31. The van der Waals surface area contributed by atoms with Crippen LogP contribution in [0.5, 0.6) is 0 Å². The molecule has 1 saturated carbocycles. The highest BCUT2D eigenvalue weighted by Gasteiger charge is 2.23. The number of hydrogen-bond donors (Lipinski definition) is 0. The summed E-state index contributed by atoms with van der Waals surface area (Å²) in [5.74, 6) is 0.920. The van der Waals surface area contributed by atoms with E-state index < -0.39 is 0 Å². The van der Waals surface area contributed by atoms with Gasteiger partial charge in [0.25, 0.3) is 0 Å². The second kappa shape index (κ2) is 4.06. The van der Waals surface area contributed by atoms with E-state index in [9.17, 15) is 0 Å².